The number of amides is 1. The predicted octanol–water partition coefficient (Wildman–Crippen LogP) is 0.909. The van der Waals surface area contributed by atoms with Crippen LogP contribution in [-0.4, -0.2) is 25.4 Å². The van der Waals surface area contributed by atoms with Gasteiger partial charge in [-0.3, -0.25) is 14.3 Å². The van der Waals surface area contributed by atoms with E-state index in [1.54, 1.807) is 25.2 Å². The first-order chi connectivity index (χ1) is 9.65. The number of nitrogens with zero attached hydrogens (tertiary/aromatic N) is 3. The molecule has 0 bridgehead atoms. The van der Waals surface area contributed by atoms with Gasteiger partial charge in [0.2, 0.25) is 0 Å². The molecule has 0 aliphatic heterocycles. The first-order valence-electron chi connectivity index (χ1n) is 5.91. The maximum Gasteiger partial charge on any atom is 0.326 e. The van der Waals surface area contributed by atoms with Crippen molar-refractivity contribution in [1.29, 1.82) is 0 Å². The lowest BCUT2D eigenvalue weighted by atomic mass is 10.2. The summed E-state index contributed by atoms with van der Waals surface area (Å²) in [6.45, 7) is 0. The van der Waals surface area contributed by atoms with Crippen LogP contribution in [0.1, 0.15) is 10.5 Å². The number of nitrogens with one attached hydrogen (secondary N) is 2. The van der Waals surface area contributed by atoms with Crippen molar-refractivity contribution in [2.75, 3.05) is 5.32 Å². The second-order valence-electron chi connectivity index (χ2n) is 4.27. The van der Waals surface area contributed by atoms with Gasteiger partial charge >= 0.3 is 5.69 Å². The monoisotopic (exact) mass is 269 g/mol. The number of hydrogen-bond acceptors (Lipinski definition) is 4. The highest BCUT2D eigenvalue weighted by atomic mass is 16.2. The fraction of sp³-hybridized carbons (Fsp3) is 0.0769. The molecule has 2 N–H and O–H groups in total. The van der Waals surface area contributed by atoms with E-state index in [-0.39, 0.29) is 17.3 Å². The van der Waals surface area contributed by atoms with Crippen molar-refractivity contribution in [2.24, 2.45) is 7.05 Å². The van der Waals surface area contributed by atoms with Crippen molar-refractivity contribution < 1.29 is 4.79 Å². The number of carbonyl (C=O) groups excluding carboxylic acids is 1. The summed E-state index contributed by atoms with van der Waals surface area (Å²) in [5.74, 6) is -0.351. The molecule has 2 heterocycles. The topological polar surface area (TPSA) is 92.7 Å². The fourth-order valence-electron chi connectivity index (χ4n) is 1.93. The Bertz CT molecular complexity index is 835. The molecule has 0 atom stereocenters. The van der Waals surface area contributed by atoms with Crippen molar-refractivity contribution >= 4 is 22.6 Å². The van der Waals surface area contributed by atoms with Crippen LogP contribution in [0.4, 0.5) is 5.69 Å². The van der Waals surface area contributed by atoms with Gasteiger partial charge in [0.05, 0.1) is 17.2 Å². The molecule has 0 fully saturated rings. The van der Waals surface area contributed by atoms with Crippen LogP contribution in [-0.2, 0) is 7.05 Å². The van der Waals surface area contributed by atoms with E-state index >= 15 is 0 Å². The van der Waals surface area contributed by atoms with Crippen molar-refractivity contribution in [1.82, 2.24) is 19.5 Å². The lowest BCUT2D eigenvalue weighted by Gasteiger charge is -2.04. The molecule has 7 nitrogen and oxygen atoms in total. The Labute approximate surface area is 113 Å². The molecule has 3 rings (SSSR count). The first kappa shape index (κ1) is 12.1. The van der Waals surface area contributed by atoms with Crippen LogP contribution in [0.15, 0.2) is 41.6 Å². The van der Waals surface area contributed by atoms with Crippen molar-refractivity contribution in [3.8, 4) is 0 Å². The summed E-state index contributed by atoms with van der Waals surface area (Å²) in [5.41, 5.74) is 2.04. The third-order valence-corrected chi connectivity index (χ3v) is 2.96. The molecule has 0 unspecified atom stereocenters. The number of imidazole rings is 1. The highest BCUT2D eigenvalue weighted by molar-refractivity contribution is 6.03. The van der Waals surface area contributed by atoms with Crippen LogP contribution in [0.3, 0.4) is 0 Å². The highest BCUT2D eigenvalue weighted by Gasteiger charge is 2.09. The van der Waals surface area contributed by atoms with E-state index in [1.807, 2.05) is 0 Å². The van der Waals surface area contributed by atoms with E-state index in [4.69, 9.17) is 0 Å². The summed E-state index contributed by atoms with van der Waals surface area (Å²) < 4.78 is 1.50. The van der Waals surface area contributed by atoms with Crippen molar-refractivity contribution in [3.63, 3.8) is 0 Å². The Hall–Kier alpha value is -2.96. The molecule has 7 heteroatoms. The molecule has 1 aromatic carbocycles. The average Bonchev–Trinajstić information content (AvgIpc) is 2.74. The smallest absolute Gasteiger partial charge is 0.321 e. The molecular weight excluding hydrogens is 258 g/mol. The number of anilines is 1. The lowest BCUT2D eigenvalue weighted by Crippen LogP contribution is -2.13. The van der Waals surface area contributed by atoms with Gasteiger partial charge < -0.3 is 10.3 Å². The lowest BCUT2D eigenvalue weighted by molar-refractivity contribution is 0.102. The minimum absolute atomic E-state index is 0.197. The molecule has 0 saturated heterocycles. The van der Waals surface area contributed by atoms with Crippen molar-refractivity contribution in [3.05, 3.63) is 53.0 Å². The van der Waals surface area contributed by atoms with Crippen LogP contribution in [0.2, 0.25) is 0 Å². The summed E-state index contributed by atoms with van der Waals surface area (Å²) in [4.78, 5) is 33.9. The summed E-state index contributed by atoms with van der Waals surface area (Å²) in [6.07, 6.45) is 4.34. The van der Waals surface area contributed by atoms with Gasteiger partial charge in [0.25, 0.3) is 5.91 Å². The summed E-state index contributed by atoms with van der Waals surface area (Å²) in [6, 6.07) is 5.19. The zero-order valence-corrected chi connectivity index (χ0v) is 10.6. The van der Waals surface area contributed by atoms with Gasteiger partial charge in [0.15, 0.2) is 0 Å². The molecule has 0 aliphatic carbocycles. The Kier molecular flexibility index (Phi) is 2.79. The molecule has 100 valence electrons. The van der Waals surface area contributed by atoms with E-state index in [0.29, 0.717) is 11.2 Å². The maximum absolute atomic E-state index is 11.9. The zero-order valence-electron chi connectivity index (χ0n) is 10.6. The predicted molar refractivity (Wildman–Crippen MR) is 73.5 cm³/mol. The number of H-pyrrole nitrogens is 1. The Morgan fingerprint density at radius 2 is 2.20 bits per heavy atom. The fourth-order valence-corrected chi connectivity index (χ4v) is 1.93. The van der Waals surface area contributed by atoms with Gasteiger partial charge in [-0.2, -0.15) is 0 Å². The Morgan fingerprint density at radius 3 is 2.95 bits per heavy atom. The molecule has 3 aromatic rings. The van der Waals surface area contributed by atoms with Gasteiger partial charge in [-0.1, -0.05) is 0 Å². The third kappa shape index (κ3) is 2.05. The minimum Gasteiger partial charge on any atom is -0.321 e. The number of fused-ring (bicyclic) bond motifs is 1. The van der Waals surface area contributed by atoms with Gasteiger partial charge in [-0.25, -0.2) is 9.78 Å². The summed E-state index contributed by atoms with van der Waals surface area (Å²) in [7, 11) is 1.68. The molecule has 2 aromatic heterocycles. The first-order valence-corrected chi connectivity index (χ1v) is 5.91. The number of aryl methyl sites for hydroxylation is 1. The van der Waals surface area contributed by atoms with Crippen LogP contribution in [0.25, 0.3) is 11.0 Å². The van der Waals surface area contributed by atoms with Crippen LogP contribution in [0.5, 0.6) is 0 Å². The van der Waals surface area contributed by atoms with Gasteiger partial charge in [0.1, 0.15) is 5.69 Å². The average molecular weight is 269 g/mol. The largest absolute Gasteiger partial charge is 0.326 e. The van der Waals surface area contributed by atoms with E-state index in [1.165, 1.54) is 23.2 Å². The summed E-state index contributed by atoms with van der Waals surface area (Å²) in [5, 5.41) is 2.71. The quantitative estimate of drug-likeness (QED) is 0.723. The minimum atomic E-state index is -0.351. The molecule has 0 saturated carbocycles. The van der Waals surface area contributed by atoms with E-state index in [9.17, 15) is 9.59 Å². The second kappa shape index (κ2) is 4.61. The normalized spacial score (nSPS) is 10.7. The second-order valence-corrected chi connectivity index (χ2v) is 4.27. The number of aromatic amines is 1. The van der Waals surface area contributed by atoms with E-state index < -0.39 is 0 Å². The SMILES string of the molecule is Cn1c(=O)[nH]c2cc(NC(=O)c3cnccn3)ccc21. The standard InChI is InChI=1S/C13H11N5O2/c1-18-11-3-2-8(6-9(11)17-13(18)20)16-12(19)10-7-14-4-5-15-10/h2-7H,1H3,(H,16,19)(H,17,20). The number of hydrogen-bond donors (Lipinski definition) is 2. The molecule has 1 amide bonds. The molecule has 0 radical (unpaired) electrons. The molecular formula is C13H11N5O2. The van der Waals surface area contributed by atoms with Crippen LogP contribution < -0.4 is 11.0 Å². The van der Waals surface area contributed by atoms with E-state index in [2.05, 4.69) is 20.3 Å². The van der Waals surface area contributed by atoms with Gasteiger partial charge in [0, 0.05) is 25.1 Å². The third-order valence-electron chi connectivity index (χ3n) is 2.96. The molecule has 0 spiro atoms. The Balaban J connectivity index is 1.92. The van der Waals surface area contributed by atoms with Crippen LogP contribution in [0, 0.1) is 0 Å². The van der Waals surface area contributed by atoms with Crippen molar-refractivity contribution in [2.45, 2.75) is 0 Å². The van der Waals surface area contributed by atoms with E-state index in [0.717, 1.165) is 5.52 Å². The molecule has 0 aliphatic rings. The van der Waals surface area contributed by atoms with Gasteiger partial charge in [-0.05, 0) is 18.2 Å². The zero-order chi connectivity index (χ0) is 14.1. The van der Waals surface area contributed by atoms with Crippen LogP contribution >= 0.6 is 0 Å². The van der Waals surface area contributed by atoms with Gasteiger partial charge in [-0.15, -0.1) is 0 Å². The maximum atomic E-state index is 11.9. The number of carbonyl (C=O) groups is 1. The number of rotatable bonds is 2. The highest BCUT2D eigenvalue weighted by Crippen LogP contribution is 2.16. The summed E-state index contributed by atoms with van der Waals surface area (Å²) >= 11 is 0. The Morgan fingerprint density at radius 1 is 1.35 bits per heavy atom. The number of aromatic nitrogens is 4. The number of benzene rings is 1. The molecule has 20 heavy (non-hydrogen) atoms.